The summed E-state index contributed by atoms with van der Waals surface area (Å²) in [6.07, 6.45) is 1.20. The summed E-state index contributed by atoms with van der Waals surface area (Å²) in [6, 6.07) is 4.49. The fraction of sp³-hybridized carbons (Fsp3) is 0.0667. The Morgan fingerprint density at radius 1 is 0.957 bits per heavy atom. The number of hydrogen-bond acceptors (Lipinski definition) is 6. The summed E-state index contributed by atoms with van der Waals surface area (Å²) in [6.45, 7) is -0.365. The summed E-state index contributed by atoms with van der Waals surface area (Å²) in [5, 5.41) is 38.3. The van der Waals surface area contributed by atoms with Gasteiger partial charge in [-0.2, -0.15) is 0 Å². The van der Waals surface area contributed by atoms with Crippen LogP contribution < -0.4 is 0 Å². The van der Waals surface area contributed by atoms with Crippen LogP contribution >= 0.6 is 23.2 Å². The number of rotatable bonds is 4. The second-order valence-electron chi connectivity index (χ2n) is 4.57. The van der Waals surface area contributed by atoms with Crippen molar-refractivity contribution in [2.24, 2.45) is 4.99 Å². The van der Waals surface area contributed by atoms with Crippen molar-refractivity contribution in [2.75, 3.05) is 6.54 Å². The molecule has 0 aliphatic carbocycles. The molecule has 0 radical (unpaired) electrons. The van der Waals surface area contributed by atoms with E-state index in [-0.39, 0.29) is 33.5 Å². The first-order valence-electron chi connectivity index (χ1n) is 6.25. The molecule has 2 aromatic rings. The molecule has 120 valence electrons. The number of hydrogen-bond donors (Lipinski definition) is 4. The number of carbonyl (C=O) groups is 1. The highest BCUT2D eigenvalue weighted by molar-refractivity contribution is 6.36. The van der Waals surface area contributed by atoms with Crippen LogP contribution in [0, 0.1) is 0 Å². The average molecular weight is 356 g/mol. The van der Waals surface area contributed by atoms with Gasteiger partial charge >= 0.3 is 0 Å². The Hall–Kier alpha value is -2.44. The molecule has 0 unspecified atom stereocenters. The van der Waals surface area contributed by atoms with E-state index in [0.29, 0.717) is 0 Å². The van der Waals surface area contributed by atoms with Gasteiger partial charge in [0.05, 0.1) is 16.1 Å². The standard InChI is InChI=1S/C15H11Cl2NO5/c16-7-1-10(17)9(11(19)2-7)5-18-6-15(23)8-3-13(21)14(22)4-12(8)20/h1-5,19-22H,6H2. The number of aromatic hydroxyl groups is 4. The number of phenolic OH excluding ortho intramolecular Hbond substituents is 4. The lowest BCUT2D eigenvalue weighted by atomic mass is 10.1. The normalized spacial score (nSPS) is 11.0. The van der Waals surface area contributed by atoms with E-state index in [9.17, 15) is 25.2 Å². The molecule has 0 aliphatic rings. The molecule has 23 heavy (non-hydrogen) atoms. The summed E-state index contributed by atoms with van der Waals surface area (Å²) < 4.78 is 0. The molecule has 0 aliphatic heterocycles. The summed E-state index contributed by atoms with van der Waals surface area (Å²) >= 11 is 11.6. The molecule has 0 heterocycles. The number of Topliss-reactive ketones (excluding diaryl/α,β-unsaturated/α-hetero) is 1. The molecule has 6 nitrogen and oxygen atoms in total. The van der Waals surface area contributed by atoms with Crippen molar-refractivity contribution < 1.29 is 25.2 Å². The van der Waals surface area contributed by atoms with Crippen molar-refractivity contribution in [2.45, 2.75) is 0 Å². The molecule has 0 saturated carbocycles. The van der Waals surface area contributed by atoms with Crippen molar-refractivity contribution in [1.29, 1.82) is 0 Å². The second-order valence-corrected chi connectivity index (χ2v) is 5.42. The monoisotopic (exact) mass is 355 g/mol. The lowest BCUT2D eigenvalue weighted by Crippen LogP contribution is -2.04. The summed E-state index contributed by atoms with van der Waals surface area (Å²) in [7, 11) is 0. The van der Waals surface area contributed by atoms with Crippen LogP contribution in [0.4, 0.5) is 0 Å². The van der Waals surface area contributed by atoms with Gasteiger partial charge in [-0.1, -0.05) is 23.2 Å². The van der Waals surface area contributed by atoms with Crippen LogP contribution in [0.1, 0.15) is 15.9 Å². The molecule has 2 aromatic carbocycles. The van der Waals surface area contributed by atoms with Gasteiger partial charge < -0.3 is 20.4 Å². The first kappa shape index (κ1) is 16.9. The van der Waals surface area contributed by atoms with Crippen LogP contribution in [-0.2, 0) is 0 Å². The molecular weight excluding hydrogens is 345 g/mol. The molecule has 2 rings (SSSR count). The van der Waals surface area contributed by atoms with Crippen LogP contribution in [0.25, 0.3) is 0 Å². The summed E-state index contributed by atoms with van der Waals surface area (Å²) in [5.74, 6) is -2.34. The zero-order valence-corrected chi connectivity index (χ0v) is 13.0. The maximum Gasteiger partial charge on any atom is 0.188 e. The van der Waals surface area contributed by atoms with Crippen LogP contribution in [0.15, 0.2) is 29.3 Å². The number of phenols is 4. The minimum Gasteiger partial charge on any atom is -0.507 e. The van der Waals surface area contributed by atoms with Gasteiger partial charge in [0.15, 0.2) is 17.3 Å². The van der Waals surface area contributed by atoms with Gasteiger partial charge in [0.25, 0.3) is 0 Å². The third-order valence-electron chi connectivity index (χ3n) is 2.92. The molecule has 0 saturated heterocycles. The van der Waals surface area contributed by atoms with Gasteiger partial charge in [0, 0.05) is 17.3 Å². The van der Waals surface area contributed by atoms with Gasteiger partial charge in [-0.15, -0.1) is 0 Å². The van der Waals surface area contributed by atoms with Crippen molar-refractivity contribution in [3.05, 3.63) is 45.4 Å². The predicted octanol–water partition coefficient (Wildman–Crippen LogP) is 3.12. The Labute approximate surface area is 140 Å². The van der Waals surface area contributed by atoms with Crippen LogP contribution in [0.5, 0.6) is 23.0 Å². The average Bonchev–Trinajstić information content (AvgIpc) is 2.45. The molecule has 4 N–H and O–H groups in total. The smallest absolute Gasteiger partial charge is 0.188 e. The molecule has 0 amide bonds. The van der Waals surface area contributed by atoms with Crippen molar-refractivity contribution >= 4 is 35.2 Å². The first-order chi connectivity index (χ1) is 10.8. The number of ketones is 1. The maximum atomic E-state index is 12.0. The number of nitrogens with zero attached hydrogens (tertiary/aromatic N) is 1. The van der Waals surface area contributed by atoms with E-state index in [0.717, 1.165) is 12.1 Å². The quantitative estimate of drug-likeness (QED) is 0.291. The number of aliphatic imine (C=N–C) groups is 1. The van der Waals surface area contributed by atoms with E-state index in [2.05, 4.69) is 4.99 Å². The molecule has 0 atom stereocenters. The number of carbonyl (C=O) groups excluding carboxylic acids is 1. The number of halogens is 2. The Morgan fingerprint density at radius 3 is 2.26 bits per heavy atom. The van der Waals surface area contributed by atoms with Crippen molar-refractivity contribution in [3.8, 4) is 23.0 Å². The van der Waals surface area contributed by atoms with E-state index in [1.54, 1.807) is 0 Å². The Kier molecular flexibility index (Phi) is 4.98. The van der Waals surface area contributed by atoms with Crippen molar-refractivity contribution in [1.82, 2.24) is 0 Å². The van der Waals surface area contributed by atoms with E-state index in [1.807, 2.05) is 0 Å². The van der Waals surface area contributed by atoms with E-state index >= 15 is 0 Å². The minimum absolute atomic E-state index is 0.163. The highest BCUT2D eigenvalue weighted by Gasteiger charge is 2.14. The van der Waals surface area contributed by atoms with Crippen LogP contribution in [0.3, 0.4) is 0 Å². The van der Waals surface area contributed by atoms with Crippen LogP contribution in [-0.4, -0.2) is 39.0 Å². The Balaban J connectivity index is 2.18. The molecule has 0 bridgehead atoms. The molecule has 0 aromatic heterocycles. The lowest BCUT2D eigenvalue weighted by Gasteiger charge is -2.05. The lowest BCUT2D eigenvalue weighted by molar-refractivity contribution is 0.0999. The van der Waals surface area contributed by atoms with E-state index in [1.165, 1.54) is 18.3 Å². The third-order valence-corrected chi connectivity index (χ3v) is 3.45. The summed E-state index contributed by atoms with van der Waals surface area (Å²) in [5.41, 5.74) is 0.00511. The third kappa shape index (κ3) is 3.85. The molecule has 0 fully saturated rings. The van der Waals surface area contributed by atoms with Gasteiger partial charge in [0.2, 0.25) is 0 Å². The fourth-order valence-electron chi connectivity index (χ4n) is 1.79. The Bertz CT molecular complexity index is 782. The summed E-state index contributed by atoms with van der Waals surface area (Å²) in [4.78, 5) is 15.8. The van der Waals surface area contributed by atoms with Crippen LogP contribution in [0.2, 0.25) is 10.0 Å². The number of benzene rings is 2. The highest BCUT2D eigenvalue weighted by atomic mass is 35.5. The van der Waals surface area contributed by atoms with Crippen molar-refractivity contribution in [3.63, 3.8) is 0 Å². The topological polar surface area (TPSA) is 110 Å². The second kappa shape index (κ2) is 6.76. The SMILES string of the molecule is O=C(CN=Cc1c(O)cc(Cl)cc1Cl)c1cc(O)c(O)cc1O. The molecule has 0 spiro atoms. The van der Waals surface area contributed by atoms with Gasteiger partial charge in [-0.3, -0.25) is 9.79 Å². The predicted molar refractivity (Wildman–Crippen MR) is 86.4 cm³/mol. The minimum atomic E-state index is -0.598. The van der Waals surface area contributed by atoms with E-state index < -0.39 is 23.0 Å². The zero-order chi connectivity index (χ0) is 17.1. The first-order valence-corrected chi connectivity index (χ1v) is 7.01. The Morgan fingerprint density at radius 2 is 1.61 bits per heavy atom. The molecule has 8 heteroatoms. The largest absolute Gasteiger partial charge is 0.507 e. The zero-order valence-electron chi connectivity index (χ0n) is 11.5. The molecular formula is C15H11Cl2NO5. The van der Waals surface area contributed by atoms with Gasteiger partial charge in [-0.25, -0.2) is 0 Å². The van der Waals surface area contributed by atoms with E-state index in [4.69, 9.17) is 23.2 Å². The van der Waals surface area contributed by atoms with Gasteiger partial charge in [0.1, 0.15) is 18.0 Å². The van der Waals surface area contributed by atoms with Gasteiger partial charge in [-0.05, 0) is 18.2 Å². The maximum absolute atomic E-state index is 12.0. The fourth-order valence-corrected chi connectivity index (χ4v) is 2.32. The highest BCUT2D eigenvalue weighted by Crippen LogP contribution is 2.32.